The molecule has 2 aromatic heterocycles. The normalized spacial score (nSPS) is 10.6. The van der Waals surface area contributed by atoms with Crippen molar-refractivity contribution in [1.82, 2.24) is 9.97 Å². The molecule has 0 aliphatic heterocycles. The molecule has 0 radical (unpaired) electrons. The summed E-state index contributed by atoms with van der Waals surface area (Å²) in [5.41, 5.74) is 8.08. The maximum atomic E-state index is 5.63. The number of fused-ring (bicyclic) bond motifs is 1. The minimum atomic E-state index is 0.682. The van der Waals surface area contributed by atoms with E-state index in [2.05, 4.69) is 25.9 Å². The summed E-state index contributed by atoms with van der Waals surface area (Å²) in [4.78, 5) is 7.14. The Balaban J connectivity index is 2.94. The average molecular weight is 212 g/mol. The van der Waals surface area contributed by atoms with Crippen molar-refractivity contribution in [2.24, 2.45) is 0 Å². The van der Waals surface area contributed by atoms with Gasteiger partial charge in [-0.25, -0.2) is 0 Å². The number of nitrogen functional groups attached to an aromatic ring is 1. The number of H-pyrrole nitrogens is 1. The fourth-order valence-electron chi connectivity index (χ4n) is 1.01. The number of hydrogen-bond donors (Lipinski definition) is 2. The van der Waals surface area contributed by atoms with Gasteiger partial charge >= 0.3 is 0 Å². The quantitative estimate of drug-likeness (QED) is 0.700. The molecule has 56 valence electrons. The summed E-state index contributed by atoms with van der Waals surface area (Å²) in [6.45, 7) is 0. The Morgan fingerprint density at radius 2 is 2.36 bits per heavy atom. The van der Waals surface area contributed by atoms with Crippen molar-refractivity contribution < 1.29 is 0 Å². The maximum Gasteiger partial charge on any atom is 0.112 e. The topological polar surface area (TPSA) is 54.7 Å². The van der Waals surface area contributed by atoms with Gasteiger partial charge in [-0.05, 0) is 22.0 Å². The Morgan fingerprint density at radius 3 is 3.09 bits per heavy atom. The fraction of sp³-hybridized carbons (Fsp3) is 0. The van der Waals surface area contributed by atoms with Gasteiger partial charge in [-0.2, -0.15) is 0 Å². The van der Waals surface area contributed by atoms with Crippen LogP contribution in [-0.2, 0) is 0 Å². The second-order valence-electron chi connectivity index (χ2n) is 2.26. The number of anilines is 1. The zero-order valence-corrected chi connectivity index (χ0v) is 7.22. The number of nitrogens with two attached hydrogens (primary N) is 1. The number of hydrogen-bond acceptors (Lipinski definition) is 2. The van der Waals surface area contributed by atoms with Crippen LogP contribution < -0.4 is 5.73 Å². The molecular weight excluding hydrogens is 206 g/mol. The van der Waals surface area contributed by atoms with E-state index in [0.717, 1.165) is 15.5 Å². The summed E-state index contributed by atoms with van der Waals surface area (Å²) < 4.78 is 0.985. The predicted octanol–water partition coefficient (Wildman–Crippen LogP) is 1.91. The first-order chi connectivity index (χ1) is 5.29. The third kappa shape index (κ3) is 0.903. The average Bonchev–Trinajstić information content (AvgIpc) is 2.35. The molecule has 4 heteroatoms. The van der Waals surface area contributed by atoms with E-state index >= 15 is 0 Å². The molecule has 0 aliphatic carbocycles. The lowest BCUT2D eigenvalue weighted by Gasteiger charge is -1.91. The van der Waals surface area contributed by atoms with E-state index in [1.807, 2.05) is 6.07 Å². The monoisotopic (exact) mass is 211 g/mol. The molecule has 2 heterocycles. The fourth-order valence-corrected chi connectivity index (χ4v) is 1.43. The lowest BCUT2D eigenvalue weighted by atomic mass is 10.4. The number of halogens is 1. The minimum absolute atomic E-state index is 0.682. The molecule has 2 rings (SSSR count). The largest absolute Gasteiger partial charge is 0.396 e. The van der Waals surface area contributed by atoms with Gasteiger partial charge in [0.15, 0.2) is 0 Å². The van der Waals surface area contributed by atoms with Gasteiger partial charge in [-0.3, -0.25) is 4.98 Å². The maximum absolute atomic E-state index is 5.63. The zero-order chi connectivity index (χ0) is 7.84. The van der Waals surface area contributed by atoms with Crippen LogP contribution in [0.25, 0.3) is 11.0 Å². The lowest BCUT2D eigenvalue weighted by molar-refractivity contribution is 1.39. The summed E-state index contributed by atoms with van der Waals surface area (Å²) in [6, 6.07) is 1.87. The van der Waals surface area contributed by atoms with E-state index < -0.39 is 0 Å². The molecule has 0 saturated carbocycles. The predicted molar refractivity (Wildman–Crippen MR) is 48.2 cm³/mol. The Kier molecular flexibility index (Phi) is 1.35. The molecule has 0 fully saturated rings. The van der Waals surface area contributed by atoms with Gasteiger partial charge < -0.3 is 10.7 Å². The Hall–Kier alpha value is -1.03. The summed E-state index contributed by atoms with van der Waals surface area (Å²) in [7, 11) is 0. The van der Waals surface area contributed by atoms with Crippen molar-refractivity contribution >= 4 is 32.7 Å². The number of aromatic nitrogens is 2. The van der Waals surface area contributed by atoms with Crippen LogP contribution in [0.15, 0.2) is 22.9 Å². The molecule has 11 heavy (non-hydrogen) atoms. The van der Waals surface area contributed by atoms with Crippen LogP contribution in [0.5, 0.6) is 0 Å². The SMILES string of the molecule is Nc1c[nH]c2c(Br)ccnc12. The molecule has 0 spiro atoms. The second-order valence-corrected chi connectivity index (χ2v) is 3.11. The van der Waals surface area contributed by atoms with Crippen LogP contribution in [0.3, 0.4) is 0 Å². The Morgan fingerprint density at radius 1 is 1.55 bits per heavy atom. The molecule has 3 N–H and O–H groups in total. The third-order valence-corrected chi connectivity index (χ3v) is 2.21. The Bertz CT molecular complexity index is 393. The van der Waals surface area contributed by atoms with Crippen molar-refractivity contribution in [3.05, 3.63) is 22.9 Å². The van der Waals surface area contributed by atoms with E-state index in [-0.39, 0.29) is 0 Å². The van der Waals surface area contributed by atoms with Crippen LogP contribution in [0, 0.1) is 0 Å². The van der Waals surface area contributed by atoms with Crippen LogP contribution in [-0.4, -0.2) is 9.97 Å². The summed E-state index contributed by atoms with van der Waals surface area (Å²) >= 11 is 3.38. The van der Waals surface area contributed by atoms with E-state index in [0.29, 0.717) is 5.69 Å². The highest BCUT2D eigenvalue weighted by molar-refractivity contribution is 9.10. The molecule has 0 amide bonds. The number of pyridine rings is 1. The first kappa shape index (κ1) is 6.67. The summed E-state index contributed by atoms with van der Waals surface area (Å²) in [5, 5.41) is 0. The van der Waals surface area contributed by atoms with Gasteiger partial charge in [0, 0.05) is 16.9 Å². The van der Waals surface area contributed by atoms with Crippen LogP contribution in [0.1, 0.15) is 0 Å². The number of aromatic amines is 1. The van der Waals surface area contributed by atoms with Gasteiger partial charge in [-0.1, -0.05) is 0 Å². The first-order valence-electron chi connectivity index (χ1n) is 3.16. The van der Waals surface area contributed by atoms with E-state index in [9.17, 15) is 0 Å². The molecule has 0 atom stereocenters. The highest BCUT2D eigenvalue weighted by Gasteiger charge is 2.02. The lowest BCUT2D eigenvalue weighted by Crippen LogP contribution is -1.82. The van der Waals surface area contributed by atoms with Gasteiger partial charge in [0.05, 0.1) is 11.2 Å². The molecule has 0 aliphatic rings. The smallest absolute Gasteiger partial charge is 0.112 e. The first-order valence-corrected chi connectivity index (χ1v) is 3.95. The van der Waals surface area contributed by atoms with Gasteiger partial charge in [0.2, 0.25) is 0 Å². The number of rotatable bonds is 0. The number of nitrogens with zero attached hydrogens (tertiary/aromatic N) is 1. The highest BCUT2D eigenvalue weighted by Crippen LogP contribution is 2.24. The van der Waals surface area contributed by atoms with Crippen molar-refractivity contribution in [1.29, 1.82) is 0 Å². The van der Waals surface area contributed by atoms with E-state index in [4.69, 9.17) is 5.73 Å². The van der Waals surface area contributed by atoms with Gasteiger partial charge in [0.1, 0.15) is 5.52 Å². The van der Waals surface area contributed by atoms with Gasteiger partial charge in [-0.15, -0.1) is 0 Å². The molecule has 0 bridgehead atoms. The Labute approximate surface area is 71.7 Å². The third-order valence-electron chi connectivity index (χ3n) is 1.55. The molecule has 0 saturated heterocycles. The summed E-state index contributed by atoms with van der Waals surface area (Å²) in [6.07, 6.45) is 3.46. The van der Waals surface area contributed by atoms with Crippen LogP contribution in [0.4, 0.5) is 5.69 Å². The van der Waals surface area contributed by atoms with Crippen LogP contribution in [0.2, 0.25) is 0 Å². The van der Waals surface area contributed by atoms with Crippen molar-refractivity contribution in [3.8, 4) is 0 Å². The van der Waals surface area contributed by atoms with Crippen molar-refractivity contribution in [2.45, 2.75) is 0 Å². The molecule has 2 aromatic rings. The van der Waals surface area contributed by atoms with Crippen LogP contribution >= 0.6 is 15.9 Å². The van der Waals surface area contributed by atoms with Crippen molar-refractivity contribution in [2.75, 3.05) is 5.73 Å². The molecule has 0 unspecified atom stereocenters. The second kappa shape index (κ2) is 2.23. The molecule has 3 nitrogen and oxygen atoms in total. The zero-order valence-electron chi connectivity index (χ0n) is 5.63. The summed E-state index contributed by atoms with van der Waals surface area (Å²) in [5.74, 6) is 0. The van der Waals surface area contributed by atoms with E-state index in [1.165, 1.54) is 0 Å². The van der Waals surface area contributed by atoms with Crippen molar-refractivity contribution in [3.63, 3.8) is 0 Å². The van der Waals surface area contributed by atoms with Gasteiger partial charge in [0.25, 0.3) is 0 Å². The molecular formula is C7H6BrN3. The van der Waals surface area contributed by atoms with E-state index in [1.54, 1.807) is 12.4 Å². The minimum Gasteiger partial charge on any atom is -0.396 e. The number of nitrogens with one attached hydrogen (secondary N) is 1. The standard InChI is InChI=1S/C7H6BrN3/c8-4-1-2-10-7-5(9)3-11-6(4)7/h1-3,11H,9H2. The molecule has 0 aromatic carbocycles. The highest BCUT2D eigenvalue weighted by atomic mass is 79.9.